The zero-order valence-corrected chi connectivity index (χ0v) is 20.8. The molecule has 3 aliphatic heterocycles. The average molecular weight is 511 g/mol. The van der Waals surface area contributed by atoms with E-state index in [2.05, 4.69) is 16.0 Å². The minimum atomic E-state index is -1.24. The Morgan fingerprint density at radius 1 is 1.14 bits per heavy atom. The zero-order chi connectivity index (χ0) is 26.2. The highest BCUT2D eigenvalue weighted by Gasteiger charge is 2.56. The van der Waals surface area contributed by atoms with Crippen molar-refractivity contribution in [2.24, 2.45) is 17.8 Å². The van der Waals surface area contributed by atoms with Crippen LogP contribution in [0.3, 0.4) is 0 Å². The molecule has 0 aromatic heterocycles. The second kappa shape index (κ2) is 10.2. The van der Waals surface area contributed by atoms with Gasteiger partial charge in [-0.3, -0.25) is 24.0 Å². The van der Waals surface area contributed by atoms with Gasteiger partial charge < -0.3 is 26.0 Å². The van der Waals surface area contributed by atoms with Gasteiger partial charge in [0.2, 0.25) is 17.7 Å². The van der Waals surface area contributed by atoms with Crippen LogP contribution in [-0.4, -0.2) is 71.2 Å². The molecular formula is C27H34N4O6. The molecule has 0 bridgehead atoms. The lowest BCUT2D eigenvalue weighted by molar-refractivity contribution is -0.146. The van der Waals surface area contributed by atoms with Gasteiger partial charge in [-0.25, -0.2) is 0 Å². The number of benzene rings is 1. The number of Topliss-reactive ketones (excluding diaryl/α,β-unsaturated/α-hetero) is 1. The smallest absolute Gasteiger partial charge is 0.253 e. The maximum absolute atomic E-state index is 14.2. The first kappa shape index (κ1) is 25.4. The molecule has 10 heteroatoms. The molecular weight excluding hydrogens is 476 g/mol. The molecule has 1 aromatic rings. The molecule has 0 radical (unpaired) electrons. The Hall–Kier alpha value is -3.27. The van der Waals surface area contributed by atoms with Crippen LogP contribution in [0.15, 0.2) is 30.3 Å². The second-order valence-corrected chi connectivity index (χ2v) is 10.8. The lowest BCUT2D eigenvalue weighted by atomic mass is 9.86. The van der Waals surface area contributed by atoms with Crippen LogP contribution < -0.4 is 16.0 Å². The lowest BCUT2D eigenvalue weighted by Gasteiger charge is -2.36. The summed E-state index contributed by atoms with van der Waals surface area (Å²) in [6.07, 6.45) is 3.84. The minimum absolute atomic E-state index is 0.0477. The summed E-state index contributed by atoms with van der Waals surface area (Å²) < 4.78 is 0. The molecule has 37 heavy (non-hydrogen) atoms. The van der Waals surface area contributed by atoms with E-state index in [-0.39, 0.29) is 42.4 Å². The predicted octanol–water partition coefficient (Wildman–Crippen LogP) is -0.00860. The monoisotopic (exact) mass is 510 g/mol. The number of carbonyl (C=O) groups excluding carboxylic acids is 5. The van der Waals surface area contributed by atoms with E-state index in [1.165, 1.54) is 0 Å². The number of hydrogen-bond acceptors (Lipinski definition) is 6. The first-order valence-corrected chi connectivity index (χ1v) is 13.2. The third kappa shape index (κ3) is 4.63. The van der Waals surface area contributed by atoms with Crippen LogP contribution in [0.2, 0.25) is 0 Å². The predicted molar refractivity (Wildman–Crippen MR) is 132 cm³/mol. The highest BCUT2D eigenvalue weighted by Crippen LogP contribution is 2.45. The summed E-state index contributed by atoms with van der Waals surface area (Å²) >= 11 is 0. The molecule has 3 saturated heterocycles. The normalized spacial score (nSPS) is 31.5. The van der Waals surface area contributed by atoms with E-state index >= 15 is 0 Å². The van der Waals surface area contributed by atoms with Crippen molar-refractivity contribution >= 4 is 29.4 Å². The van der Waals surface area contributed by atoms with Crippen molar-refractivity contribution in [3.05, 3.63) is 35.9 Å². The molecule has 10 nitrogen and oxygen atoms in total. The van der Waals surface area contributed by atoms with Gasteiger partial charge in [0.15, 0.2) is 5.78 Å². The van der Waals surface area contributed by atoms with E-state index in [4.69, 9.17) is 0 Å². The summed E-state index contributed by atoms with van der Waals surface area (Å²) in [5, 5.41) is 18.0. The van der Waals surface area contributed by atoms with Crippen LogP contribution in [-0.2, 0) is 29.5 Å². The SMILES string of the molecule is O=C1CC[C@](C(=O)N2C[C@@H]3CCC[C@@H]3[C@@H]2C(=O)N[C@@H](C[C@H]2CCNC2=O)C(=O)CO)(c2ccccc2)N1. The number of ketones is 1. The number of hydrogen-bond donors (Lipinski definition) is 4. The van der Waals surface area contributed by atoms with Crippen LogP contribution >= 0.6 is 0 Å². The first-order valence-electron chi connectivity index (χ1n) is 13.2. The first-order chi connectivity index (χ1) is 17.8. The molecule has 198 valence electrons. The number of aliphatic hydroxyl groups is 1. The van der Waals surface area contributed by atoms with Crippen LogP contribution in [0.5, 0.6) is 0 Å². The van der Waals surface area contributed by atoms with Gasteiger partial charge in [0.25, 0.3) is 5.91 Å². The minimum Gasteiger partial charge on any atom is -0.389 e. The van der Waals surface area contributed by atoms with Crippen molar-refractivity contribution in [3.8, 4) is 0 Å². The number of fused-ring (bicyclic) bond motifs is 1. The van der Waals surface area contributed by atoms with Crippen molar-refractivity contribution < 1.29 is 29.1 Å². The van der Waals surface area contributed by atoms with Crippen molar-refractivity contribution in [3.63, 3.8) is 0 Å². The highest BCUT2D eigenvalue weighted by molar-refractivity contribution is 5.99. The van der Waals surface area contributed by atoms with E-state index < -0.39 is 41.8 Å². The molecule has 4 amide bonds. The van der Waals surface area contributed by atoms with Crippen molar-refractivity contribution in [2.75, 3.05) is 19.7 Å². The summed E-state index contributed by atoms with van der Waals surface area (Å²) in [6, 6.07) is 7.32. The van der Waals surface area contributed by atoms with Gasteiger partial charge in [0.05, 0.1) is 6.04 Å². The van der Waals surface area contributed by atoms with Gasteiger partial charge in [-0.15, -0.1) is 0 Å². The van der Waals surface area contributed by atoms with Crippen molar-refractivity contribution in [2.45, 2.75) is 62.6 Å². The quantitative estimate of drug-likeness (QED) is 0.387. The fourth-order valence-electron chi connectivity index (χ4n) is 6.78. The fourth-order valence-corrected chi connectivity index (χ4v) is 6.78. The number of amides is 4. The molecule has 1 saturated carbocycles. The zero-order valence-electron chi connectivity index (χ0n) is 20.8. The topological polar surface area (TPSA) is 145 Å². The number of nitrogens with one attached hydrogen (secondary N) is 3. The van der Waals surface area contributed by atoms with Crippen LogP contribution in [0, 0.1) is 17.8 Å². The fraction of sp³-hybridized carbons (Fsp3) is 0.593. The molecule has 5 rings (SSSR count). The Balaban J connectivity index is 1.42. The molecule has 6 atom stereocenters. The van der Waals surface area contributed by atoms with E-state index in [1.807, 2.05) is 30.3 Å². The third-order valence-electron chi connectivity index (χ3n) is 8.68. The molecule has 4 aliphatic rings. The molecule has 4 N–H and O–H groups in total. The summed E-state index contributed by atoms with van der Waals surface area (Å²) in [4.78, 5) is 66.6. The summed E-state index contributed by atoms with van der Waals surface area (Å²) in [5.41, 5.74) is -0.555. The molecule has 1 aromatic carbocycles. The van der Waals surface area contributed by atoms with E-state index in [0.29, 0.717) is 31.5 Å². The lowest BCUT2D eigenvalue weighted by Crippen LogP contribution is -2.59. The molecule has 4 fully saturated rings. The number of aliphatic hydroxyl groups excluding tert-OH is 1. The number of rotatable bonds is 8. The van der Waals surface area contributed by atoms with Crippen LogP contribution in [0.1, 0.15) is 50.5 Å². The largest absolute Gasteiger partial charge is 0.389 e. The summed E-state index contributed by atoms with van der Waals surface area (Å²) in [6.45, 7) is 0.177. The number of carbonyl (C=O) groups is 5. The second-order valence-electron chi connectivity index (χ2n) is 10.8. The molecule has 3 heterocycles. The highest BCUT2D eigenvalue weighted by atomic mass is 16.3. The van der Waals surface area contributed by atoms with E-state index in [0.717, 1.165) is 19.3 Å². The Morgan fingerprint density at radius 2 is 1.92 bits per heavy atom. The Kier molecular flexibility index (Phi) is 7.02. The standard InChI is InChI=1S/C27H34N4O6/c32-15-21(33)20(13-16-10-12-28-24(16)35)29-25(36)23-19-8-4-5-17(19)14-31(23)26(37)27(11-9-22(34)30-27)18-6-2-1-3-7-18/h1-3,6-7,16-17,19-20,23,32H,4-5,8-15H2,(H,28,35)(H,29,36)(H,30,34)/t16-,17+,19+,20+,23-,27-/m1/s1. The van der Waals surface area contributed by atoms with Crippen molar-refractivity contribution in [1.82, 2.24) is 20.9 Å². The Labute approximate surface area is 215 Å². The maximum atomic E-state index is 14.2. The van der Waals surface area contributed by atoms with Gasteiger partial charge in [-0.2, -0.15) is 0 Å². The van der Waals surface area contributed by atoms with Gasteiger partial charge in [-0.1, -0.05) is 36.8 Å². The Morgan fingerprint density at radius 3 is 2.57 bits per heavy atom. The molecule has 1 aliphatic carbocycles. The summed E-state index contributed by atoms with van der Waals surface area (Å²) in [5.74, 6) is -1.99. The molecule has 0 unspecified atom stereocenters. The van der Waals surface area contributed by atoms with Crippen LogP contribution in [0.25, 0.3) is 0 Å². The van der Waals surface area contributed by atoms with E-state index in [9.17, 15) is 29.1 Å². The van der Waals surface area contributed by atoms with E-state index in [1.54, 1.807) is 4.90 Å². The number of likely N-dealkylation sites (tertiary alicyclic amines) is 1. The van der Waals surface area contributed by atoms with Gasteiger partial charge in [0, 0.05) is 25.4 Å². The summed E-state index contributed by atoms with van der Waals surface area (Å²) in [7, 11) is 0. The van der Waals surface area contributed by atoms with Gasteiger partial charge >= 0.3 is 0 Å². The third-order valence-corrected chi connectivity index (χ3v) is 8.68. The van der Waals surface area contributed by atoms with Gasteiger partial charge in [-0.05, 0) is 49.5 Å². The molecule has 0 spiro atoms. The van der Waals surface area contributed by atoms with Crippen LogP contribution in [0.4, 0.5) is 0 Å². The van der Waals surface area contributed by atoms with Crippen molar-refractivity contribution in [1.29, 1.82) is 0 Å². The van der Waals surface area contributed by atoms with Gasteiger partial charge in [0.1, 0.15) is 18.2 Å². The Bertz CT molecular complexity index is 1090. The maximum Gasteiger partial charge on any atom is 0.253 e. The number of nitrogens with zero attached hydrogens (tertiary/aromatic N) is 1. The average Bonchev–Trinajstić information content (AvgIpc) is 3.68.